The van der Waals surface area contributed by atoms with Gasteiger partial charge in [0.05, 0.1) is 15.6 Å². The molecular weight excluding hydrogens is 312 g/mol. The van der Waals surface area contributed by atoms with Crippen LogP contribution in [0.25, 0.3) is 0 Å². The quantitative estimate of drug-likeness (QED) is 0.678. The van der Waals surface area contributed by atoms with Gasteiger partial charge < -0.3 is 4.90 Å². The van der Waals surface area contributed by atoms with Crippen molar-refractivity contribution in [3.8, 4) is 0 Å². The first-order chi connectivity index (χ1) is 10.1. The number of halogens is 3. The zero-order valence-electron chi connectivity index (χ0n) is 11.7. The van der Waals surface area contributed by atoms with Crippen molar-refractivity contribution in [3.63, 3.8) is 0 Å². The summed E-state index contributed by atoms with van der Waals surface area (Å²) in [7, 11) is 0. The number of carbonyl (C=O) groups is 1. The highest BCUT2D eigenvalue weighted by atomic mass is 35.5. The van der Waals surface area contributed by atoms with Crippen molar-refractivity contribution < 1.29 is 9.18 Å². The highest BCUT2D eigenvalue weighted by molar-refractivity contribution is 6.36. The molecule has 1 aliphatic carbocycles. The Bertz CT molecular complexity index is 563. The van der Waals surface area contributed by atoms with Crippen molar-refractivity contribution in [3.05, 3.63) is 33.6 Å². The summed E-state index contributed by atoms with van der Waals surface area (Å²) >= 11 is 11.7. The second-order valence-electron chi connectivity index (χ2n) is 6.09. The molecule has 3 rings (SSSR count). The molecule has 1 aromatic rings. The fourth-order valence-electron chi connectivity index (χ4n) is 3.64. The molecule has 0 spiro atoms. The van der Waals surface area contributed by atoms with Gasteiger partial charge in [0.25, 0.3) is 5.91 Å². The van der Waals surface area contributed by atoms with E-state index in [2.05, 4.69) is 0 Å². The molecule has 0 aromatic heterocycles. The highest BCUT2D eigenvalue weighted by Gasteiger charge is 2.33. The first-order valence-corrected chi connectivity index (χ1v) is 8.25. The van der Waals surface area contributed by atoms with Gasteiger partial charge in [-0.25, -0.2) is 4.39 Å². The molecule has 1 aliphatic heterocycles. The van der Waals surface area contributed by atoms with Gasteiger partial charge in [0, 0.05) is 13.1 Å². The molecule has 2 fully saturated rings. The molecule has 2 nitrogen and oxygen atoms in total. The highest BCUT2D eigenvalue weighted by Crippen LogP contribution is 2.37. The Labute approximate surface area is 134 Å². The molecule has 21 heavy (non-hydrogen) atoms. The minimum atomic E-state index is -0.600. The van der Waals surface area contributed by atoms with Gasteiger partial charge in [-0.3, -0.25) is 4.79 Å². The van der Waals surface area contributed by atoms with E-state index in [4.69, 9.17) is 23.2 Å². The van der Waals surface area contributed by atoms with Crippen LogP contribution in [0.15, 0.2) is 12.1 Å². The minimum absolute atomic E-state index is 0.0532. The SMILES string of the molecule is O=C(c1cc(F)c(Cl)cc1Cl)N1CC[C@@H]2CCCC[C@@H]2C1. The number of piperidine rings is 1. The fraction of sp³-hybridized carbons (Fsp3) is 0.562. The third-order valence-electron chi connectivity index (χ3n) is 4.82. The molecule has 1 heterocycles. The lowest BCUT2D eigenvalue weighted by Crippen LogP contribution is -2.44. The number of hydrogen-bond acceptors (Lipinski definition) is 1. The second kappa shape index (κ2) is 6.13. The Morgan fingerprint density at radius 2 is 1.81 bits per heavy atom. The van der Waals surface area contributed by atoms with Crippen LogP contribution in [-0.4, -0.2) is 23.9 Å². The van der Waals surface area contributed by atoms with Crippen LogP contribution >= 0.6 is 23.2 Å². The van der Waals surface area contributed by atoms with Crippen LogP contribution in [0.5, 0.6) is 0 Å². The molecule has 0 unspecified atom stereocenters. The number of amides is 1. The van der Waals surface area contributed by atoms with E-state index >= 15 is 0 Å². The van der Waals surface area contributed by atoms with Crippen molar-refractivity contribution in [1.82, 2.24) is 4.90 Å². The molecule has 1 amide bonds. The zero-order chi connectivity index (χ0) is 15.0. The third kappa shape index (κ3) is 3.04. The summed E-state index contributed by atoms with van der Waals surface area (Å²) in [5.74, 6) is 0.559. The van der Waals surface area contributed by atoms with Crippen molar-refractivity contribution >= 4 is 29.1 Å². The van der Waals surface area contributed by atoms with E-state index in [-0.39, 0.29) is 21.5 Å². The second-order valence-corrected chi connectivity index (χ2v) is 6.91. The van der Waals surface area contributed by atoms with Gasteiger partial charge in [-0.05, 0) is 36.8 Å². The van der Waals surface area contributed by atoms with E-state index in [1.54, 1.807) is 0 Å². The summed E-state index contributed by atoms with van der Waals surface area (Å²) in [6.45, 7) is 1.50. The van der Waals surface area contributed by atoms with Gasteiger partial charge >= 0.3 is 0 Å². The van der Waals surface area contributed by atoms with Crippen LogP contribution in [0.1, 0.15) is 42.5 Å². The maximum Gasteiger partial charge on any atom is 0.255 e. The maximum atomic E-state index is 13.6. The number of likely N-dealkylation sites (tertiary alicyclic amines) is 1. The average molecular weight is 330 g/mol. The molecule has 1 aromatic carbocycles. The average Bonchev–Trinajstić information content (AvgIpc) is 2.50. The zero-order valence-corrected chi connectivity index (χ0v) is 13.3. The van der Waals surface area contributed by atoms with Crippen LogP contribution in [0.4, 0.5) is 4.39 Å². The van der Waals surface area contributed by atoms with Crippen LogP contribution in [-0.2, 0) is 0 Å². The Morgan fingerprint density at radius 1 is 1.10 bits per heavy atom. The Morgan fingerprint density at radius 3 is 2.57 bits per heavy atom. The van der Waals surface area contributed by atoms with Crippen LogP contribution < -0.4 is 0 Å². The number of rotatable bonds is 1. The molecule has 0 radical (unpaired) electrons. The number of nitrogens with zero attached hydrogens (tertiary/aromatic N) is 1. The van der Waals surface area contributed by atoms with E-state index in [0.29, 0.717) is 5.92 Å². The van der Waals surface area contributed by atoms with Gasteiger partial charge in [0.1, 0.15) is 5.82 Å². The minimum Gasteiger partial charge on any atom is -0.338 e. The van der Waals surface area contributed by atoms with Gasteiger partial charge in [0.2, 0.25) is 0 Å². The van der Waals surface area contributed by atoms with Gasteiger partial charge in [-0.2, -0.15) is 0 Å². The third-order valence-corrected chi connectivity index (χ3v) is 5.42. The first kappa shape index (κ1) is 15.1. The molecule has 1 saturated carbocycles. The lowest BCUT2D eigenvalue weighted by Gasteiger charge is -2.41. The number of carbonyl (C=O) groups excluding carboxylic acids is 1. The maximum absolute atomic E-state index is 13.6. The Balaban J connectivity index is 1.78. The lowest BCUT2D eigenvalue weighted by molar-refractivity contribution is 0.0520. The molecular formula is C16H18Cl2FNO. The normalized spacial score (nSPS) is 25.6. The van der Waals surface area contributed by atoms with Crippen molar-refractivity contribution in [2.75, 3.05) is 13.1 Å². The fourth-order valence-corrected chi connectivity index (χ4v) is 4.11. The predicted molar refractivity (Wildman–Crippen MR) is 82.4 cm³/mol. The monoisotopic (exact) mass is 329 g/mol. The summed E-state index contributed by atoms with van der Waals surface area (Å²) in [5.41, 5.74) is 0.216. The number of hydrogen-bond donors (Lipinski definition) is 0. The van der Waals surface area contributed by atoms with Crippen LogP contribution in [0.2, 0.25) is 10.0 Å². The molecule has 1 saturated heterocycles. The van der Waals surface area contributed by atoms with E-state index in [9.17, 15) is 9.18 Å². The molecule has 2 aliphatic rings. The van der Waals surface area contributed by atoms with E-state index < -0.39 is 5.82 Å². The number of benzene rings is 1. The standard InChI is InChI=1S/C16H18Cl2FNO/c17-13-8-14(18)15(19)7-12(13)16(21)20-6-5-10-3-1-2-4-11(10)9-20/h7-8,10-11H,1-6,9H2/t10-,11+/m0/s1. The first-order valence-electron chi connectivity index (χ1n) is 7.50. The smallest absolute Gasteiger partial charge is 0.255 e. The molecule has 5 heteroatoms. The van der Waals surface area contributed by atoms with Crippen LogP contribution in [0.3, 0.4) is 0 Å². The summed E-state index contributed by atoms with van der Waals surface area (Å²) in [4.78, 5) is 14.4. The Hall–Kier alpha value is -0.800. The van der Waals surface area contributed by atoms with Crippen LogP contribution in [0, 0.1) is 17.7 Å². The summed E-state index contributed by atoms with van der Waals surface area (Å²) in [5, 5.41) is 0.166. The van der Waals surface area contributed by atoms with E-state index in [0.717, 1.165) is 31.5 Å². The Kier molecular flexibility index (Phi) is 4.41. The van der Waals surface area contributed by atoms with Gasteiger partial charge in [-0.15, -0.1) is 0 Å². The topological polar surface area (TPSA) is 20.3 Å². The van der Waals surface area contributed by atoms with E-state index in [1.165, 1.54) is 31.7 Å². The summed E-state index contributed by atoms with van der Waals surface area (Å²) in [6.07, 6.45) is 6.08. The molecule has 0 N–H and O–H groups in total. The summed E-state index contributed by atoms with van der Waals surface area (Å²) < 4.78 is 13.6. The van der Waals surface area contributed by atoms with Crippen molar-refractivity contribution in [2.24, 2.45) is 11.8 Å². The lowest BCUT2D eigenvalue weighted by atomic mass is 9.75. The molecule has 2 atom stereocenters. The molecule has 114 valence electrons. The van der Waals surface area contributed by atoms with Crippen molar-refractivity contribution in [1.29, 1.82) is 0 Å². The predicted octanol–water partition coefficient (Wildman–Crippen LogP) is 4.78. The number of fused-ring (bicyclic) bond motifs is 1. The van der Waals surface area contributed by atoms with E-state index in [1.807, 2.05) is 4.90 Å². The van der Waals surface area contributed by atoms with Crippen molar-refractivity contribution in [2.45, 2.75) is 32.1 Å². The summed E-state index contributed by atoms with van der Waals surface area (Å²) in [6, 6.07) is 2.46. The molecule has 0 bridgehead atoms. The van der Waals surface area contributed by atoms with Gasteiger partial charge in [0.15, 0.2) is 0 Å². The largest absolute Gasteiger partial charge is 0.338 e. The van der Waals surface area contributed by atoms with Gasteiger partial charge in [-0.1, -0.05) is 42.5 Å².